The summed E-state index contributed by atoms with van der Waals surface area (Å²) >= 11 is 0. The molecule has 0 fully saturated rings. The third-order valence-corrected chi connectivity index (χ3v) is 6.30. The summed E-state index contributed by atoms with van der Waals surface area (Å²) in [6, 6.07) is 11.1. The first-order valence-electron chi connectivity index (χ1n) is 11.6. The Hall–Kier alpha value is -4.01. The van der Waals surface area contributed by atoms with E-state index in [4.69, 9.17) is 29.0 Å². The second-order valence-corrected chi connectivity index (χ2v) is 8.32. The maximum absolute atomic E-state index is 13.1. The standard InChI is InChI=1S/C26H28N4O5/c1-5-35-17-11-9-15(10-12-17)23-22-18(7-6-8-19(22)31)27-26-28-25(29-30(23)26)16-13-20(32-2)24(34-4)21(14-16)33-3/h9-14,23H,5-8H2,1-4H3,(H,27,28,29). The number of benzene rings is 2. The Morgan fingerprint density at radius 2 is 1.74 bits per heavy atom. The van der Waals surface area contributed by atoms with Crippen LogP contribution in [-0.4, -0.2) is 48.5 Å². The number of hydrogen-bond donors (Lipinski definition) is 1. The molecule has 3 aromatic rings. The van der Waals surface area contributed by atoms with E-state index < -0.39 is 0 Å². The Kier molecular flexibility index (Phi) is 6.07. The molecule has 1 aliphatic carbocycles. The predicted octanol–water partition coefficient (Wildman–Crippen LogP) is 4.39. The molecule has 1 unspecified atom stereocenters. The third kappa shape index (κ3) is 3.96. The van der Waals surface area contributed by atoms with Crippen LogP contribution in [0, 0.1) is 0 Å². The summed E-state index contributed by atoms with van der Waals surface area (Å²) in [5, 5.41) is 8.21. The summed E-state index contributed by atoms with van der Waals surface area (Å²) in [6.07, 6.45) is 2.13. The van der Waals surface area contributed by atoms with Crippen LogP contribution in [-0.2, 0) is 4.79 Å². The summed E-state index contributed by atoms with van der Waals surface area (Å²) in [5.74, 6) is 3.50. The molecule has 2 aromatic carbocycles. The van der Waals surface area contributed by atoms with Crippen LogP contribution in [0.25, 0.3) is 11.4 Å². The molecule has 1 N–H and O–H groups in total. The van der Waals surface area contributed by atoms with Crippen LogP contribution in [0.15, 0.2) is 47.7 Å². The minimum atomic E-state index is -0.381. The number of anilines is 1. The topological polar surface area (TPSA) is 96.7 Å². The van der Waals surface area contributed by atoms with Gasteiger partial charge in [-0.25, -0.2) is 4.68 Å². The zero-order valence-electron chi connectivity index (χ0n) is 20.3. The number of Topliss-reactive ketones (excluding diaryl/α,β-unsaturated/α-hetero) is 1. The number of rotatable bonds is 7. The summed E-state index contributed by atoms with van der Waals surface area (Å²) in [5.41, 5.74) is 3.31. The SMILES string of the molecule is CCOc1ccc(C2C3=C(CCCC3=O)Nc3nc(-c4cc(OC)c(OC)c(OC)c4)nn32)cc1. The van der Waals surface area contributed by atoms with Gasteiger partial charge in [0, 0.05) is 23.3 Å². The van der Waals surface area contributed by atoms with Crippen LogP contribution >= 0.6 is 0 Å². The Morgan fingerprint density at radius 3 is 2.37 bits per heavy atom. The molecule has 9 heteroatoms. The highest BCUT2D eigenvalue weighted by atomic mass is 16.5. The van der Waals surface area contributed by atoms with Gasteiger partial charge in [-0.2, -0.15) is 4.98 Å². The molecule has 0 amide bonds. The van der Waals surface area contributed by atoms with Gasteiger partial charge in [-0.15, -0.1) is 5.10 Å². The van der Waals surface area contributed by atoms with Crippen LogP contribution in [0.2, 0.25) is 0 Å². The lowest BCUT2D eigenvalue weighted by atomic mass is 9.85. The molecule has 0 bridgehead atoms. The Morgan fingerprint density at radius 1 is 1.03 bits per heavy atom. The first-order valence-corrected chi connectivity index (χ1v) is 11.6. The number of ketones is 1. The van der Waals surface area contributed by atoms with E-state index in [1.54, 1.807) is 26.0 Å². The largest absolute Gasteiger partial charge is 0.494 e. The fourth-order valence-electron chi connectivity index (χ4n) is 4.71. The molecule has 2 heterocycles. The van der Waals surface area contributed by atoms with Gasteiger partial charge in [-0.1, -0.05) is 12.1 Å². The van der Waals surface area contributed by atoms with E-state index in [0.29, 0.717) is 47.6 Å². The van der Waals surface area contributed by atoms with Gasteiger partial charge in [0.05, 0.1) is 27.9 Å². The van der Waals surface area contributed by atoms with E-state index in [2.05, 4.69) is 5.32 Å². The van der Waals surface area contributed by atoms with Gasteiger partial charge in [0.1, 0.15) is 11.8 Å². The molecule has 1 aliphatic heterocycles. The van der Waals surface area contributed by atoms with E-state index in [1.165, 1.54) is 0 Å². The molecule has 2 aliphatic rings. The number of ether oxygens (including phenoxy) is 4. The second-order valence-electron chi connectivity index (χ2n) is 8.32. The average Bonchev–Trinajstić information content (AvgIpc) is 3.31. The molecular weight excluding hydrogens is 448 g/mol. The molecular formula is C26H28N4O5. The van der Waals surface area contributed by atoms with Gasteiger partial charge in [0.15, 0.2) is 23.1 Å². The number of carbonyl (C=O) groups excluding carboxylic acids is 1. The first kappa shape index (κ1) is 22.8. The molecule has 0 saturated carbocycles. The number of aromatic nitrogens is 3. The minimum Gasteiger partial charge on any atom is -0.494 e. The monoisotopic (exact) mass is 476 g/mol. The maximum Gasteiger partial charge on any atom is 0.226 e. The molecule has 0 saturated heterocycles. The molecule has 1 atom stereocenters. The number of hydrogen-bond acceptors (Lipinski definition) is 8. The van der Waals surface area contributed by atoms with Gasteiger partial charge in [0.2, 0.25) is 11.7 Å². The van der Waals surface area contributed by atoms with E-state index in [0.717, 1.165) is 35.4 Å². The van der Waals surface area contributed by atoms with Gasteiger partial charge < -0.3 is 24.3 Å². The van der Waals surface area contributed by atoms with Crippen LogP contribution in [0.5, 0.6) is 23.0 Å². The summed E-state index contributed by atoms with van der Waals surface area (Å²) in [7, 11) is 4.70. The third-order valence-electron chi connectivity index (χ3n) is 6.30. The lowest BCUT2D eigenvalue weighted by Crippen LogP contribution is -2.31. The highest BCUT2D eigenvalue weighted by molar-refractivity contribution is 5.99. The van der Waals surface area contributed by atoms with E-state index in [1.807, 2.05) is 43.3 Å². The Labute approximate surface area is 203 Å². The van der Waals surface area contributed by atoms with Gasteiger partial charge in [-0.3, -0.25) is 4.79 Å². The quantitative estimate of drug-likeness (QED) is 0.536. The average molecular weight is 477 g/mol. The maximum atomic E-state index is 13.1. The van der Waals surface area contributed by atoms with Crippen molar-refractivity contribution < 1.29 is 23.7 Å². The van der Waals surface area contributed by atoms with Crippen molar-refractivity contribution >= 4 is 11.7 Å². The highest BCUT2D eigenvalue weighted by Gasteiger charge is 2.37. The number of methoxy groups -OCH3 is 3. The lowest BCUT2D eigenvalue weighted by Gasteiger charge is -2.32. The number of carbonyl (C=O) groups is 1. The van der Waals surface area contributed by atoms with Crippen LogP contribution in [0.4, 0.5) is 5.95 Å². The van der Waals surface area contributed by atoms with Crippen LogP contribution in [0.1, 0.15) is 37.8 Å². The van der Waals surface area contributed by atoms with Crippen molar-refractivity contribution in [1.82, 2.24) is 14.8 Å². The number of nitrogens with one attached hydrogen (secondary N) is 1. The van der Waals surface area contributed by atoms with Crippen molar-refractivity contribution in [3.8, 4) is 34.4 Å². The fraction of sp³-hybridized carbons (Fsp3) is 0.346. The van der Waals surface area contributed by atoms with Crippen molar-refractivity contribution in [3.05, 3.63) is 53.2 Å². The zero-order chi connectivity index (χ0) is 24.5. The van der Waals surface area contributed by atoms with Crippen molar-refractivity contribution in [2.45, 2.75) is 32.2 Å². The summed E-state index contributed by atoms with van der Waals surface area (Å²) < 4.78 is 23.9. The molecule has 35 heavy (non-hydrogen) atoms. The molecule has 0 radical (unpaired) electrons. The van der Waals surface area contributed by atoms with E-state index >= 15 is 0 Å². The van der Waals surface area contributed by atoms with Crippen molar-refractivity contribution in [2.75, 3.05) is 33.3 Å². The Bertz CT molecular complexity index is 1270. The van der Waals surface area contributed by atoms with Crippen LogP contribution in [0.3, 0.4) is 0 Å². The number of fused-ring (bicyclic) bond motifs is 1. The summed E-state index contributed by atoms with van der Waals surface area (Å²) in [4.78, 5) is 17.9. The van der Waals surface area contributed by atoms with Crippen molar-refractivity contribution in [2.24, 2.45) is 0 Å². The number of allylic oxidation sites excluding steroid dienone is 2. The van der Waals surface area contributed by atoms with Crippen molar-refractivity contribution in [1.29, 1.82) is 0 Å². The molecule has 0 spiro atoms. The molecule has 5 rings (SSSR count). The van der Waals surface area contributed by atoms with E-state index in [9.17, 15) is 4.79 Å². The van der Waals surface area contributed by atoms with Gasteiger partial charge in [-0.05, 0) is 49.6 Å². The highest BCUT2D eigenvalue weighted by Crippen LogP contribution is 2.43. The normalized spacial score (nSPS) is 16.8. The van der Waals surface area contributed by atoms with Gasteiger partial charge in [0.25, 0.3) is 0 Å². The molecule has 1 aromatic heterocycles. The lowest BCUT2D eigenvalue weighted by molar-refractivity contribution is -0.116. The van der Waals surface area contributed by atoms with E-state index in [-0.39, 0.29) is 11.8 Å². The van der Waals surface area contributed by atoms with Crippen LogP contribution < -0.4 is 24.3 Å². The van der Waals surface area contributed by atoms with Gasteiger partial charge >= 0.3 is 0 Å². The van der Waals surface area contributed by atoms with Crippen molar-refractivity contribution in [3.63, 3.8) is 0 Å². The summed E-state index contributed by atoms with van der Waals surface area (Å²) in [6.45, 7) is 2.54. The first-order chi connectivity index (χ1) is 17.1. The molecule has 9 nitrogen and oxygen atoms in total. The second kappa shape index (κ2) is 9.32. The fourth-order valence-corrected chi connectivity index (χ4v) is 4.71. The smallest absolute Gasteiger partial charge is 0.226 e. The predicted molar refractivity (Wildman–Crippen MR) is 130 cm³/mol. The zero-order valence-corrected chi connectivity index (χ0v) is 20.3. The Balaban J connectivity index is 1.63. The minimum absolute atomic E-state index is 0.133. The number of nitrogens with zero attached hydrogens (tertiary/aromatic N) is 3. The molecule has 182 valence electrons.